The molecule has 0 aliphatic rings. The van der Waals surface area contributed by atoms with Crippen LogP contribution in [0.1, 0.15) is 5.56 Å². The molecule has 104 valence electrons. The second kappa shape index (κ2) is 6.03. The van der Waals surface area contributed by atoms with Crippen molar-refractivity contribution in [2.24, 2.45) is 5.73 Å². The predicted molar refractivity (Wildman–Crippen MR) is 74.5 cm³/mol. The van der Waals surface area contributed by atoms with Gasteiger partial charge in [0.1, 0.15) is 11.8 Å². The molecule has 1 aromatic heterocycles. The van der Waals surface area contributed by atoms with Crippen LogP contribution >= 0.6 is 0 Å². The number of hydrogen-bond donors (Lipinski definition) is 3. The number of nitrogen functional groups attached to an aromatic ring is 1. The molecule has 2 aromatic rings. The Morgan fingerprint density at radius 1 is 1.25 bits per heavy atom. The van der Waals surface area contributed by atoms with Crippen LogP contribution in [0.15, 0.2) is 42.6 Å². The first kappa shape index (κ1) is 13.8. The maximum atomic E-state index is 10.7. The van der Waals surface area contributed by atoms with Crippen molar-refractivity contribution < 1.29 is 14.6 Å². The molecule has 0 radical (unpaired) electrons. The summed E-state index contributed by atoms with van der Waals surface area (Å²) in [4.78, 5) is 14.7. The third-order valence-corrected chi connectivity index (χ3v) is 2.68. The van der Waals surface area contributed by atoms with Crippen LogP contribution < -0.4 is 16.2 Å². The van der Waals surface area contributed by atoms with Crippen LogP contribution in [0.3, 0.4) is 0 Å². The highest BCUT2D eigenvalue weighted by atomic mass is 16.5. The Hall–Kier alpha value is -2.60. The quantitative estimate of drug-likeness (QED) is 0.759. The van der Waals surface area contributed by atoms with E-state index in [-0.39, 0.29) is 6.42 Å². The Morgan fingerprint density at radius 2 is 1.95 bits per heavy atom. The third kappa shape index (κ3) is 3.69. The number of carbonyl (C=O) groups is 1. The largest absolute Gasteiger partial charge is 0.480 e. The molecule has 0 amide bonds. The van der Waals surface area contributed by atoms with Gasteiger partial charge in [-0.25, -0.2) is 4.98 Å². The molecule has 2 rings (SSSR count). The van der Waals surface area contributed by atoms with Gasteiger partial charge in [-0.05, 0) is 30.2 Å². The Kier molecular flexibility index (Phi) is 4.17. The molecule has 6 nitrogen and oxygen atoms in total. The highest BCUT2D eigenvalue weighted by Crippen LogP contribution is 2.20. The fourth-order valence-electron chi connectivity index (χ4n) is 1.61. The van der Waals surface area contributed by atoms with Gasteiger partial charge in [-0.2, -0.15) is 0 Å². The van der Waals surface area contributed by atoms with Crippen molar-refractivity contribution >= 4 is 11.7 Å². The van der Waals surface area contributed by atoms with Gasteiger partial charge in [-0.1, -0.05) is 12.1 Å². The van der Waals surface area contributed by atoms with Crippen molar-refractivity contribution in [3.63, 3.8) is 0 Å². The third-order valence-electron chi connectivity index (χ3n) is 2.68. The second-order valence-electron chi connectivity index (χ2n) is 4.32. The van der Waals surface area contributed by atoms with E-state index in [1.807, 2.05) is 0 Å². The van der Waals surface area contributed by atoms with Gasteiger partial charge in [0, 0.05) is 6.07 Å². The van der Waals surface area contributed by atoms with Crippen LogP contribution in [0.25, 0.3) is 0 Å². The van der Waals surface area contributed by atoms with Crippen LogP contribution in [0.2, 0.25) is 0 Å². The molecule has 0 aliphatic heterocycles. The van der Waals surface area contributed by atoms with E-state index in [1.54, 1.807) is 36.4 Å². The van der Waals surface area contributed by atoms with Gasteiger partial charge in [0.2, 0.25) is 5.88 Å². The van der Waals surface area contributed by atoms with Gasteiger partial charge in [0.25, 0.3) is 0 Å². The monoisotopic (exact) mass is 273 g/mol. The summed E-state index contributed by atoms with van der Waals surface area (Å²) >= 11 is 0. The second-order valence-corrected chi connectivity index (χ2v) is 4.32. The topological polar surface area (TPSA) is 111 Å². The summed E-state index contributed by atoms with van der Waals surface area (Å²) in [6.07, 6.45) is 1.78. The molecule has 0 fully saturated rings. The first-order valence-electron chi connectivity index (χ1n) is 6.01. The number of carboxylic acids is 1. The number of aliphatic carboxylic acids is 1. The van der Waals surface area contributed by atoms with Crippen molar-refractivity contribution in [1.82, 2.24) is 4.98 Å². The molecule has 0 saturated heterocycles. The number of nitrogens with two attached hydrogens (primary N) is 2. The zero-order valence-corrected chi connectivity index (χ0v) is 10.7. The van der Waals surface area contributed by atoms with E-state index in [0.29, 0.717) is 17.3 Å². The van der Waals surface area contributed by atoms with Crippen LogP contribution in [-0.2, 0) is 11.2 Å². The molecule has 5 N–H and O–H groups in total. The molecular formula is C14H15N3O3. The molecule has 1 atom stereocenters. The molecule has 6 heteroatoms. The van der Waals surface area contributed by atoms with E-state index >= 15 is 0 Å². The summed E-state index contributed by atoms with van der Waals surface area (Å²) in [5.74, 6) is 0.0282. The number of nitrogens with zero attached hydrogens (tertiary/aromatic N) is 1. The maximum Gasteiger partial charge on any atom is 0.320 e. The summed E-state index contributed by atoms with van der Waals surface area (Å²) in [6, 6.07) is 9.49. The lowest BCUT2D eigenvalue weighted by Crippen LogP contribution is -2.32. The fourth-order valence-corrected chi connectivity index (χ4v) is 1.61. The molecule has 20 heavy (non-hydrogen) atoms. The van der Waals surface area contributed by atoms with E-state index in [1.165, 1.54) is 6.20 Å². The summed E-state index contributed by atoms with van der Waals surface area (Å²) in [5, 5.41) is 8.75. The first-order chi connectivity index (χ1) is 9.54. The summed E-state index contributed by atoms with van der Waals surface area (Å²) in [5.41, 5.74) is 12.4. The number of hydrogen-bond acceptors (Lipinski definition) is 5. The maximum absolute atomic E-state index is 10.7. The highest BCUT2D eigenvalue weighted by Gasteiger charge is 2.11. The molecule has 0 bridgehead atoms. The van der Waals surface area contributed by atoms with Gasteiger partial charge in [-0.3, -0.25) is 4.79 Å². The van der Waals surface area contributed by atoms with Gasteiger partial charge in [-0.15, -0.1) is 0 Å². The number of ether oxygens (including phenoxy) is 1. The van der Waals surface area contributed by atoms with E-state index in [0.717, 1.165) is 5.56 Å². The molecule has 0 aliphatic carbocycles. The highest BCUT2D eigenvalue weighted by molar-refractivity contribution is 5.73. The van der Waals surface area contributed by atoms with Crippen LogP contribution in [0, 0.1) is 0 Å². The van der Waals surface area contributed by atoms with Crippen LogP contribution in [-0.4, -0.2) is 22.1 Å². The van der Waals surface area contributed by atoms with Crippen molar-refractivity contribution in [3.05, 3.63) is 48.2 Å². The molecule has 0 saturated carbocycles. The summed E-state index contributed by atoms with van der Waals surface area (Å²) < 4.78 is 5.53. The number of benzene rings is 1. The molecular weight excluding hydrogens is 258 g/mol. The average molecular weight is 273 g/mol. The molecule has 0 spiro atoms. The Bertz CT molecular complexity index is 582. The molecule has 1 heterocycles. The lowest BCUT2D eigenvalue weighted by molar-refractivity contribution is -0.138. The molecule has 1 aromatic carbocycles. The standard InChI is InChI=1S/C14H15N3O3/c15-10-3-6-13(17-8-10)20-11-4-1-9(2-5-11)7-12(16)14(18)19/h1-6,8,12H,7,15-16H2,(H,18,19)/t12-/m0/s1. The number of rotatable bonds is 5. The normalized spacial score (nSPS) is 11.8. The van der Waals surface area contributed by atoms with E-state index < -0.39 is 12.0 Å². The van der Waals surface area contributed by atoms with E-state index in [4.69, 9.17) is 21.3 Å². The predicted octanol–water partition coefficient (Wildman–Crippen LogP) is 1.41. The van der Waals surface area contributed by atoms with Gasteiger partial charge < -0.3 is 21.3 Å². The van der Waals surface area contributed by atoms with Crippen LogP contribution in [0.5, 0.6) is 11.6 Å². The fraction of sp³-hybridized carbons (Fsp3) is 0.143. The SMILES string of the molecule is Nc1ccc(Oc2ccc(C[C@H](N)C(=O)O)cc2)nc1. The van der Waals surface area contributed by atoms with Gasteiger partial charge in [0.05, 0.1) is 11.9 Å². The summed E-state index contributed by atoms with van der Waals surface area (Å²) in [6.45, 7) is 0. The van der Waals surface area contributed by atoms with Gasteiger partial charge >= 0.3 is 5.97 Å². The van der Waals surface area contributed by atoms with Crippen molar-refractivity contribution in [1.29, 1.82) is 0 Å². The van der Waals surface area contributed by atoms with E-state index in [2.05, 4.69) is 4.98 Å². The zero-order valence-electron chi connectivity index (χ0n) is 10.7. The summed E-state index contributed by atoms with van der Waals surface area (Å²) in [7, 11) is 0. The number of carboxylic acid groups (broad SMARTS) is 1. The minimum atomic E-state index is -1.02. The Labute approximate surface area is 116 Å². The first-order valence-corrected chi connectivity index (χ1v) is 6.01. The minimum Gasteiger partial charge on any atom is -0.480 e. The Morgan fingerprint density at radius 3 is 2.50 bits per heavy atom. The smallest absolute Gasteiger partial charge is 0.320 e. The molecule has 0 unspecified atom stereocenters. The van der Waals surface area contributed by atoms with E-state index in [9.17, 15) is 4.79 Å². The van der Waals surface area contributed by atoms with Crippen LogP contribution in [0.4, 0.5) is 5.69 Å². The van der Waals surface area contributed by atoms with Crippen molar-refractivity contribution in [2.45, 2.75) is 12.5 Å². The zero-order chi connectivity index (χ0) is 14.5. The van der Waals surface area contributed by atoms with Crippen molar-refractivity contribution in [2.75, 3.05) is 5.73 Å². The lowest BCUT2D eigenvalue weighted by Gasteiger charge is -2.08. The van der Waals surface area contributed by atoms with Crippen molar-refractivity contribution in [3.8, 4) is 11.6 Å². The minimum absolute atomic E-state index is 0.274. The number of pyridine rings is 1. The average Bonchev–Trinajstić information content (AvgIpc) is 2.43. The number of anilines is 1. The lowest BCUT2D eigenvalue weighted by atomic mass is 10.1. The number of aromatic nitrogens is 1. The van der Waals surface area contributed by atoms with Gasteiger partial charge in [0.15, 0.2) is 0 Å². The Balaban J connectivity index is 2.01.